The number of sulfonamides is 1. The third-order valence-corrected chi connectivity index (χ3v) is 7.44. The summed E-state index contributed by atoms with van der Waals surface area (Å²) < 4.78 is 33.0. The molecule has 0 radical (unpaired) electrons. The van der Waals surface area contributed by atoms with Crippen LogP contribution < -0.4 is 10.1 Å². The second kappa shape index (κ2) is 11.5. The number of nitrogens with zero attached hydrogens (tertiary/aromatic N) is 1. The lowest BCUT2D eigenvalue weighted by atomic mass is 10.1. The lowest BCUT2D eigenvalue weighted by Crippen LogP contribution is -2.41. The number of carbonyl (C=O) groups excluding carboxylic acids is 1. The van der Waals surface area contributed by atoms with Crippen LogP contribution in [0.25, 0.3) is 0 Å². The van der Waals surface area contributed by atoms with Gasteiger partial charge in [0, 0.05) is 18.1 Å². The maximum Gasteiger partial charge on any atom is 0.245 e. The molecule has 0 bridgehead atoms. The average Bonchev–Trinajstić information content (AvgIpc) is 2.81. The highest BCUT2D eigenvalue weighted by molar-refractivity contribution is 7.89. The fraction of sp³-hybridized carbons (Fsp3) is 0.208. The first-order valence-electron chi connectivity index (χ1n) is 10.2. The van der Waals surface area contributed by atoms with Gasteiger partial charge in [-0.05, 0) is 47.9 Å². The lowest BCUT2D eigenvalue weighted by molar-refractivity contribution is -0.121. The van der Waals surface area contributed by atoms with E-state index in [0.717, 1.165) is 21.2 Å². The highest BCUT2D eigenvalue weighted by atomic mass is 35.5. The number of rotatable bonds is 10. The Morgan fingerprint density at radius 1 is 0.970 bits per heavy atom. The van der Waals surface area contributed by atoms with E-state index in [4.69, 9.17) is 27.9 Å². The first kappa shape index (κ1) is 25.1. The number of carbonyl (C=O) groups is 1. The summed E-state index contributed by atoms with van der Waals surface area (Å²) >= 11 is 12.2. The van der Waals surface area contributed by atoms with Crippen molar-refractivity contribution in [3.05, 3.63) is 94.0 Å². The van der Waals surface area contributed by atoms with Gasteiger partial charge in [0.2, 0.25) is 15.9 Å². The molecule has 3 rings (SSSR count). The van der Waals surface area contributed by atoms with Gasteiger partial charge in [-0.2, -0.15) is 4.31 Å². The van der Waals surface area contributed by atoms with Crippen molar-refractivity contribution in [2.24, 2.45) is 0 Å². The largest absolute Gasteiger partial charge is 0.497 e. The maximum absolute atomic E-state index is 13.4. The summed E-state index contributed by atoms with van der Waals surface area (Å²) in [6, 6.07) is 20.8. The molecule has 0 aromatic heterocycles. The molecule has 174 valence electrons. The van der Waals surface area contributed by atoms with E-state index in [2.05, 4.69) is 5.32 Å². The lowest BCUT2D eigenvalue weighted by Gasteiger charge is -2.22. The Balaban J connectivity index is 1.73. The summed E-state index contributed by atoms with van der Waals surface area (Å²) in [5, 5.41) is 3.07. The van der Waals surface area contributed by atoms with Gasteiger partial charge in [-0.1, -0.05) is 65.7 Å². The van der Waals surface area contributed by atoms with Crippen LogP contribution in [0.3, 0.4) is 0 Å². The predicted molar refractivity (Wildman–Crippen MR) is 130 cm³/mol. The zero-order valence-corrected chi connectivity index (χ0v) is 20.3. The molecule has 0 saturated heterocycles. The smallest absolute Gasteiger partial charge is 0.245 e. The summed E-state index contributed by atoms with van der Waals surface area (Å²) in [5.74, 6) is 0.338. The predicted octanol–water partition coefficient (Wildman–Crippen LogP) is 4.55. The first-order chi connectivity index (χ1) is 15.8. The van der Waals surface area contributed by atoms with Gasteiger partial charge in [0.15, 0.2) is 0 Å². The molecule has 0 aliphatic carbocycles. The molecule has 1 amide bonds. The molecule has 3 aromatic rings. The molecule has 0 fully saturated rings. The fourth-order valence-corrected chi connectivity index (χ4v) is 5.30. The number of nitrogens with one attached hydrogen (secondary N) is 1. The van der Waals surface area contributed by atoms with Crippen LogP contribution in [-0.4, -0.2) is 38.8 Å². The highest BCUT2D eigenvalue weighted by Crippen LogP contribution is 2.28. The minimum absolute atomic E-state index is 0.0118. The summed E-state index contributed by atoms with van der Waals surface area (Å²) in [4.78, 5) is 12.5. The third-order valence-electron chi connectivity index (χ3n) is 4.93. The normalized spacial score (nSPS) is 11.4. The van der Waals surface area contributed by atoms with Crippen LogP contribution in [-0.2, 0) is 27.8 Å². The number of halogens is 2. The number of benzene rings is 3. The molecule has 3 aromatic carbocycles. The van der Waals surface area contributed by atoms with Crippen molar-refractivity contribution in [1.29, 1.82) is 0 Å². The summed E-state index contributed by atoms with van der Waals surface area (Å²) in [5.41, 5.74) is 1.76. The maximum atomic E-state index is 13.4. The van der Waals surface area contributed by atoms with Crippen molar-refractivity contribution in [1.82, 2.24) is 9.62 Å². The van der Waals surface area contributed by atoms with Gasteiger partial charge < -0.3 is 10.1 Å². The molecule has 0 aliphatic rings. The fourth-order valence-electron chi connectivity index (χ4n) is 3.18. The van der Waals surface area contributed by atoms with E-state index in [1.54, 1.807) is 31.4 Å². The zero-order valence-electron chi connectivity index (χ0n) is 18.0. The molecule has 1 N–H and O–H groups in total. The third kappa shape index (κ3) is 6.95. The Labute approximate surface area is 204 Å². The quantitative estimate of drug-likeness (QED) is 0.437. The van der Waals surface area contributed by atoms with Gasteiger partial charge in [-0.25, -0.2) is 8.42 Å². The van der Waals surface area contributed by atoms with Crippen molar-refractivity contribution >= 4 is 39.1 Å². The Morgan fingerprint density at radius 3 is 2.33 bits per heavy atom. The Kier molecular flexibility index (Phi) is 8.74. The van der Waals surface area contributed by atoms with E-state index < -0.39 is 15.9 Å². The molecule has 9 heteroatoms. The molecule has 6 nitrogen and oxygen atoms in total. The minimum atomic E-state index is -4.09. The Hall–Kier alpha value is -2.58. The zero-order chi connectivity index (χ0) is 23.8. The van der Waals surface area contributed by atoms with Crippen LogP contribution in [0.5, 0.6) is 5.75 Å². The molecule has 0 saturated carbocycles. The average molecular weight is 507 g/mol. The van der Waals surface area contributed by atoms with E-state index in [9.17, 15) is 13.2 Å². The first-order valence-corrected chi connectivity index (χ1v) is 12.4. The molecule has 0 unspecified atom stereocenters. The molecule has 33 heavy (non-hydrogen) atoms. The van der Waals surface area contributed by atoms with Crippen molar-refractivity contribution in [3.63, 3.8) is 0 Å². The van der Waals surface area contributed by atoms with Gasteiger partial charge in [0.05, 0.1) is 18.7 Å². The SMILES string of the molecule is COc1ccc(CCNC(=O)CN(Cc2ccccc2)S(=O)(=O)c2cc(Cl)ccc2Cl)cc1. The molecule has 0 aliphatic heterocycles. The second-order valence-corrected chi connectivity index (χ2v) is 10.0. The van der Waals surface area contributed by atoms with E-state index in [1.807, 2.05) is 30.3 Å². The number of hydrogen-bond donors (Lipinski definition) is 1. The van der Waals surface area contributed by atoms with Gasteiger partial charge in [-0.3, -0.25) is 4.79 Å². The van der Waals surface area contributed by atoms with E-state index >= 15 is 0 Å². The van der Waals surface area contributed by atoms with Crippen LogP contribution in [0.15, 0.2) is 77.7 Å². The van der Waals surface area contributed by atoms with Crippen LogP contribution in [0.2, 0.25) is 10.0 Å². The summed E-state index contributed by atoms with van der Waals surface area (Å²) in [6.45, 7) is 0.0168. The van der Waals surface area contributed by atoms with Crippen LogP contribution in [0.1, 0.15) is 11.1 Å². The van der Waals surface area contributed by atoms with Crippen molar-refractivity contribution < 1.29 is 17.9 Å². The summed E-state index contributed by atoms with van der Waals surface area (Å²) in [6.07, 6.45) is 0.599. The molecular weight excluding hydrogens is 483 g/mol. The number of ether oxygens (including phenoxy) is 1. The second-order valence-electron chi connectivity index (χ2n) is 7.28. The van der Waals surface area contributed by atoms with Crippen LogP contribution in [0.4, 0.5) is 0 Å². The summed E-state index contributed by atoms with van der Waals surface area (Å²) in [7, 11) is -2.49. The van der Waals surface area contributed by atoms with Crippen LogP contribution >= 0.6 is 23.2 Å². The standard InChI is InChI=1S/C24H24Cl2N2O4S/c1-32-21-10-7-18(8-11-21)13-14-27-24(29)17-28(16-19-5-3-2-4-6-19)33(30,31)23-15-20(25)9-12-22(23)26/h2-12,15H,13-14,16-17H2,1H3,(H,27,29). The Morgan fingerprint density at radius 2 is 1.67 bits per heavy atom. The number of amides is 1. The molecule has 0 heterocycles. The topological polar surface area (TPSA) is 75.7 Å². The van der Waals surface area contributed by atoms with Gasteiger partial charge in [0.25, 0.3) is 0 Å². The number of hydrogen-bond acceptors (Lipinski definition) is 4. The van der Waals surface area contributed by atoms with E-state index in [-0.39, 0.29) is 28.0 Å². The minimum Gasteiger partial charge on any atom is -0.497 e. The highest BCUT2D eigenvalue weighted by Gasteiger charge is 2.29. The number of methoxy groups -OCH3 is 1. The Bertz CT molecular complexity index is 1190. The van der Waals surface area contributed by atoms with Crippen molar-refractivity contribution in [2.45, 2.75) is 17.9 Å². The van der Waals surface area contributed by atoms with Gasteiger partial charge >= 0.3 is 0 Å². The van der Waals surface area contributed by atoms with Gasteiger partial charge in [-0.15, -0.1) is 0 Å². The van der Waals surface area contributed by atoms with Gasteiger partial charge in [0.1, 0.15) is 10.6 Å². The molecule has 0 spiro atoms. The molecular formula is C24H24Cl2N2O4S. The van der Waals surface area contributed by atoms with Crippen molar-refractivity contribution in [3.8, 4) is 5.75 Å². The van der Waals surface area contributed by atoms with Crippen molar-refractivity contribution in [2.75, 3.05) is 20.2 Å². The van der Waals surface area contributed by atoms with Crippen LogP contribution in [0, 0.1) is 0 Å². The van der Waals surface area contributed by atoms with E-state index in [1.165, 1.54) is 18.2 Å². The monoisotopic (exact) mass is 506 g/mol. The van der Waals surface area contributed by atoms with E-state index in [0.29, 0.717) is 13.0 Å². The molecule has 0 atom stereocenters.